The molecule has 0 aromatic heterocycles. The molecule has 0 aliphatic heterocycles. The molecule has 2 aromatic rings. The first kappa shape index (κ1) is 44.0. The summed E-state index contributed by atoms with van der Waals surface area (Å²) >= 11 is 0. The summed E-state index contributed by atoms with van der Waals surface area (Å²) in [6.45, 7) is 2.22. The summed E-state index contributed by atoms with van der Waals surface area (Å²) in [4.78, 5) is 0. The second-order valence-corrected chi connectivity index (χ2v) is 4.24. The molecule has 0 amide bonds. The van der Waals surface area contributed by atoms with E-state index in [0.717, 1.165) is 0 Å². The minimum absolute atomic E-state index is 0. The summed E-state index contributed by atoms with van der Waals surface area (Å²) < 4.78 is 0. The maximum Gasteiger partial charge on any atom is 0 e. The van der Waals surface area contributed by atoms with Gasteiger partial charge in [-0.05, 0) is 0 Å². The summed E-state index contributed by atoms with van der Waals surface area (Å²) in [5.74, 6) is 0.561. The molecule has 0 radical (unpaired) electrons. The van der Waals surface area contributed by atoms with Crippen LogP contribution < -0.4 is 0 Å². The van der Waals surface area contributed by atoms with Crippen LogP contribution >= 0.6 is 0 Å². The molecule has 148 valence electrons. The Morgan fingerprint density at radius 1 is 0.840 bits per heavy atom. The van der Waals surface area contributed by atoms with Gasteiger partial charge in [-0.15, -0.1) is 11.6 Å². The third-order valence-electron chi connectivity index (χ3n) is 2.94. The second-order valence-electron chi connectivity index (χ2n) is 4.24. The molecule has 0 saturated heterocycles. The number of benzene rings is 1. The van der Waals surface area contributed by atoms with Crippen LogP contribution in [-0.2, 0) is 25.8 Å². The molecule has 0 nitrogen and oxygen atoms in total. The molecule has 0 saturated carbocycles. The van der Waals surface area contributed by atoms with Gasteiger partial charge in [-0.2, -0.15) is 23.8 Å². The van der Waals surface area contributed by atoms with E-state index in [1.165, 1.54) is 24.0 Å². The van der Waals surface area contributed by atoms with Crippen LogP contribution in [0.5, 0.6) is 0 Å². The van der Waals surface area contributed by atoms with E-state index in [0.29, 0.717) is 5.92 Å². The smallest absolute Gasteiger partial charge is 0 e. The zero-order chi connectivity index (χ0) is 11.9. The molecule has 1 aliphatic carbocycles. The van der Waals surface area contributed by atoms with Gasteiger partial charge in [0.1, 0.15) is 0 Å². The maximum atomic E-state index is 3.40. The van der Waals surface area contributed by atoms with Gasteiger partial charge in [0.25, 0.3) is 0 Å². The largest absolute Gasteiger partial charge is 0.358 e. The predicted molar refractivity (Wildman–Crippen MR) is 119 cm³/mol. The molecule has 0 N–H and O–H groups in total. The van der Waals surface area contributed by atoms with Gasteiger partial charge >= 0.3 is 0 Å². The average Bonchev–Trinajstić information content (AvgIpc) is 3.02. The van der Waals surface area contributed by atoms with Crippen molar-refractivity contribution in [2.24, 2.45) is 0 Å². The van der Waals surface area contributed by atoms with E-state index >= 15 is 0 Å². The van der Waals surface area contributed by atoms with E-state index in [4.69, 9.17) is 0 Å². The SMILES string of the molecule is CCCC1[C-]=Cc2ccccc21.[CH3-].[CH3-].[CH3-].[CH3-].[CH3-].[CH3-].[CH3-].[Hf].c1cc[cH-]c1. The average molecular weight is 506 g/mol. The minimum atomic E-state index is 0. The molecular weight excluding hydrogens is 467 g/mol. The fourth-order valence-corrected chi connectivity index (χ4v) is 2.09. The van der Waals surface area contributed by atoms with Crippen molar-refractivity contribution in [3.8, 4) is 0 Å². The number of hydrogen-bond donors (Lipinski definition) is 0. The summed E-state index contributed by atoms with van der Waals surface area (Å²) in [6.07, 6.45) is 7.98. The topological polar surface area (TPSA) is 0 Å². The Kier molecular flexibility index (Phi) is 44.8. The van der Waals surface area contributed by atoms with E-state index in [-0.39, 0.29) is 77.8 Å². The van der Waals surface area contributed by atoms with Crippen molar-refractivity contribution in [3.63, 3.8) is 0 Å². The Bertz CT molecular complexity index is 437. The first-order chi connectivity index (χ1) is 8.42. The predicted octanol–water partition coefficient (Wildman–Crippen LogP) is 7.96. The van der Waals surface area contributed by atoms with Gasteiger partial charge in [0.15, 0.2) is 0 Å². The molecule has 0 spiro atoms. The Morgan fingerprint density at radius 2 is 1.36 bits per heavy atom. The minimum Gasteiger partial charge on any atom is -0.358 e. The van der Waals surface area contributed by atoms with Crippen LogP contribution in [0.4, 0.5) is 0 Å². The summed E-state index contributed by atoms with van der Waals surface area (Å²) in [5, 5.41) is 0. The van der Waals surface area contributed by atoms with Crippen LogP contribution in [0.25, 0.3) is 6.08 Å². The monoisotopic (exact) mass is 507 g/mol. The van der Waals surface area contributed by atoms with Gasteiger partial charge < -0.3 is 52.0 Å². The molecule has 1 unspecified atom stereocenters. The van der Waals surface area contributed by atoms with Crippen LogP contribution in [0, 0.1) is 58.1 Å². The van der Waals surface area contributed by atoms with Crippen molar-refractivity contribution >= 4 is 6.08 Å². The van der Waals surface area contributed by atoms with Crippen molar-refractivity contribution in [1.29, 1.82) is 0 Å². The van der Waals surface area contributed by atoms with Gasteiger partial charge in [0, 0.05) is 25.8 Å². The van der Waals surface area contributed by atoms with E-state index < -0.39 is 0 Å². The zero-order valence-corrected chi connectivity index (χ0v) is 21.4. The second kappa shape index (κ2) is 25.4. The molecule has 0 heterocycles. The van der Waals surface area contributed by atoms with Crippen LogP contribution in [0.2, 0.25) is 0 Å². The standard InChI is InChI=1S/C12H13.C5H5.7CH3.Hf/c1-2-5-10-8-9-11-6-3-4-7-12(10)11;1-2-4-5-3-1;;;;;;;;/h3-4,6-7,9-10H,2,5H2,1H3;1-5H;7*1H3;/q9*-1;. The van der Waals surface area contributed by atoms with Crippen LogP contribution in [0.15, 0.2) is 54.6 Å². The third-order valence-corrected chi connectivity index (χ3v) is 2.94. The summed E-state index contributed by atoms with van der Waals surface area (Å²) in [5.41, 5.74) is 2.82. The van der Waals surface area contributed by atoms with E-state index in [2.05, 4.69) is 43.3 Å². The molecule has 0 bridgehead atoms. The van der Waals surface area contributed by atoms with Gasteiger partial charge in [-0.3, -0.25) is 6.08 Å². The van der Waals surface area contributed by atoms with Crippen LogP contribution in [0.1, 0.15) is 36.8 Å². The Balaban J connectivity index is -0.0000000450. The summed E-state index contributed by atoms with van der Waals surface area (Å²) in [7, 11) is 0. The van der Waals surface area contributed by atoms with Crippen LogP contribution in [-0.4, -0.2) is 0 Å². The molecule has 0 fully saturated rings. The number of allylic oxidation sites excluding steroid dienone is 1. The molecule has 3 rings (SSSR count). The molecular formula is C24H39Hf-9. The fourth-order valence-electron chi connectivity index (χ4n) is 2.09. The van der Waals surface area contributed by atoms with Crippen molar-refractivity contribution in [2.45, 2.75) is 25.7 Å². The molecule has 25 heavy (non-hydrogen) atoms. The van der Waals surface area contributed by atoms with Crippen molar-refractivity contribution in [3.05, 3.63) is 124 Å². The number of hydrogen-bond acceptors (Lipinski definition) is 0. The molecule has 2 aromatic carbocycles. The fraction of sp³-hybridized carbons (Fsp3) is 0.167. The Hall–Kier alpha value is -0.820. The first-order valence-electron chi connectivity index (χ1n) is 6.26. The van der Waals surface area contributed by atoms with Crippen LogP contribution in [0.3, 0.4) is 0 Å². The quantitative estimate of drug-likeness (QED) is 0.287. The number of rotatable bonds is 2. The van der Waals surface area contributed by atoms with Gasteiger partial charge in [0.05, 0.1) is 0 Å². The van der Waals surface area contributed by atoms with Gasteiger partial charge in [0.2, 0.25) is 0 Å². The first-order valence-corrected chi connectivity index (χ1v) is 6.26. The third kappa shape index (κ3) is 14.1. The van der Waals surface area contributed by atoms with E-state index in [1.54, 1.807) is 0 Å². The van der Waals surface area contributed by atoms with Gasteiger partial charge in [-0.1, -0.05) is 43.9 Å². The van der Waals surface area contributed by atoms with Crippen molar-refractivity contribution in [2.75, 3.05) is 0 Å². The normalized spacial score (nSPS) is 11.0. The van der Waals surface area contributed by atoms with Crippen molar-refractivity contribution < 1.29 is 25.8 Å². The maximum absolute atomic E-state index is 3.40. The number of fused-ring (bicyclic) bond motifs is 1. The Morgan fingerprint density at radius 3 is 1.80 bits per heavy atom. The molecule has 1 atom stereocenters. The van der Waals surface area contributed by atoms with E-state index in [9.17, 15) is 0 Å². The van der Waals surface area contributed by atoms with Crippen molar-refractivity contribution in [1.82, 2.24) is 0 Å². The zero-order valence-electron chi connectivity index (χ0n) is 17.8. The van der Waals surface area contributed by atoms with E-state index in [1.807, 2.05) is 30.3 Å². The summed E-state index contributed by atoms with van der Waals surface area (Å²) in [6, 6.07) is 18.6. The molecule has 1 aliphatic rings. The Labute approximate surface area is 180 Å². The molecule has 1 heteroatoms. The van der Waals surface area contributed by atoms with Gasteiger partial charge in [-0.25, -0.2) is 18.2 Å².